The minimum Gasteiger partial charge on any atom is -0.457 e. The van der Waals surface area contributed by atoms with Crippen LogP contribution < -0.4 is 20.9 Å². The van der Waals surface area contributed by atoms with Crippen molar-refractivity contribution < 1.29 is 22.7 Å². The fourth-order valence-corrected chi connectivity index (χ4v) is 4.48. The van der Waals surface area contributed by atoms with Crippen LogP contribution in [0.15, 0.2) is 66.7 Å². The molecule has 2 amide bonds. The van der Waals surface area contributed by atoms with E-state index in [0.29, 0.717) is 42.3 Å². The van der Waals surface area contributed by atoms with Crippen LogP contribution in [0, 0.1) is 0 Å². The van der Waals surface area contributed by atoms with E-state index in [1.165, 1.54) is 12.2 Å². The number of likely N-dealkylation sites (tertiary alicyclic amines) is 1. The average molecular weight is 525 g/mol. The monoisotopic (exact) mass is 524 g/mol. The molecule has 0 saturated carbocycles. The number of nitrogens with zero attached hydrogens (tertiary/aromatic N) is 3. The molecule has 0 spiro atoms. The maximum Gasteiger partial charge on any atom is 0.254 e. The predicted octanol–water partition coefficient (Wildman–Crippen LogP) is 1.90. The molecule has 2 aromatic carbocycles. The van der Waals surface area contributed by atoms with Crippen LogP contribution >= 0.6 is 0 Å². The number of primary amides is 1. The summed E-state index contributed by atoms with van der Waals surface area (Å²) in [5.74, 6) is 0.499. The first kappa shape index (κ1) is 25.9. The van der Waals surface area contributed by atoms with Crippen LogP contribution in [-0.4, -0.2) is 60.8 Å². The van der Waals surface area contributed by atoms with Crippen LogP contribution in [0.2, 0.25) is 0 Å². The Kier molecular flexibility index (Phi) is 7.60. The Labute approximate surface area is 214 Å². The number of nitrogens with two attached hydrogens (primary N) is 2. The minimum absolute atomic E-state index is 0.0223. The summed E-state index contributed by atoms with van der Waals surface area (Å²) in [4.78, 5) is 26.4. The van der Waals surface area contributed by atoms with Crippen LogP contribution in [0.1, 0.15) is 22.8 Å². The van der Waals surface area contributed by atoms with Crippen LogP contribution in [-0.2, 0) is 14.8 Å². The maximum atomic E-state index is 12.5. The molecule has 3 aromatic rings. The minimum atomic E-state index is -3.34. The van der Waals surface area contributed by atoms with Gasteiger partial charge in [-0.15, -0.1) is 0 Å². The number of aromatic nitrogens is 2. The number of para-hydroxylation sites is 1. The lowest BCUT2D eigenvalue weighted by Crippen LogP contribution is -2.28. The molecule has 1 aliphatic rings. The number of nitrogens with one attached hydrogen (secondary N) is 1. The van der Waals surface area contributed by atoms with Gasteiger partial charge in [0, 0.05) is 31.3 Å². The van der Waals surface area contributed by atoms with Gasteiger partial charge in [0.25, 0.3) is 5.91 Å². The molecule has 2 heterocycles. The summed E-state index contributed by atoms with van der Waals surface area (Å²) in [6, 6.07) is 16.2. The summed E-state index contributed by atoms with van der Waals surface area (Å²) < 4.78 is 31.9. The number of benzene rings is 2. The van der Waals surface area contributed by atoms with E-state index < -0.39 is 15.9 Å². The summed E-state index contributed by atoms with van der Waals surface area (Å²) in [7, 11) is -3.34. The Morgan fingerprint density at radius 2 is 1.81 bits per heavy atom. The van der Waals surface area contributed by atoms with Crippen molar-refractivity contribution in [1.29, 1.82) is 0 Å². The standard InChI is InChI=1S/C25H28N6O5S/c1-37(34,35)28-14-5-8-21(32)30-15-13-18(16-30)31-24(26)22(25(27)33)23(29-31)17-9-11-20(12-10-17)36-19-6-3-2-4-7-19/h2-12,18,28H,13-16,26H2,1H3,(H2,27,33)/b8-5+/t18-/m1/s1. The summed E-state index contributed by atoms with van der Waals surface area (Å²) in [5, 5.41) is 4.61. The molecule has 1 atom stereocenters. The van der Waals surface area contributed by atoms with Crippen molar-refractivity contribution in [3.63, 3.8) is 0 Å². The van der Waals surface area contributed by atoms with E-state index in [1.807, 2.05) is 30.3 Å². The van der Waals surface area contributed by atoms with Crippen molar-refractivity contribution in [3.8, 4) is 22.8 Å². The number of anilines is 1. The van der Waals surface area contributed by atoms with Gasteiger partial charge >= 0.3 is 0 Å². The number of hydrogen-bond acceptors (Lipinski definition) is 7. The first-order chi connectivity index (χ1) is 17.6. The molecule has 1 saturated heterocycles. The second-order valence-corrected chi connectivity index (χ2v) is 10.4. The van der Waals surface area contributed by atoms with E-state index in [9.17, 15) is 18.0 Å². The topological polar surface area (TPSA) is 163 Å². The molecule has 1 fully saturated rings. The van der Waals surface area contributed by atoms with Gasteiger partial charge in [-0.25, -0.2) is 17.8 Å². The molecule has 0 aliphatic carbocycles. The third-order valence-corrected chi connectivity index (χ3v) is 6.54. The summed E-state index contributed by atoms with van der Waals surface area (Å²) in [5.41, 5.74) is 13.1. The van der Waals surface area contributed by atoms with Crippen molar-refractivity contribution in [2.75, 3.05) is 31.6 Å². The highest BCUT2D eigenvalue weighted by Gasteiger charge is 2.31. The van der Waals surface area contributed by atoms with Crippen LogP contribution in [0.5, 0.6) is 11.5 Å². The van der Waals surface area contributed by atoms with Gasteiger partial charge in [0.15, 0.2) is 0 Å². The van der Waals surface area contributed by atoms with Crippen LogP contribution in [0.4, 0.5) is 5.82 Å². The SMILES string of the molecule is CS(=O)(=O)NC/C=C/C(=O)N1CC[C@@H](n2nc(-c3ccc(Oc4ccccc4)cc3)c(C(N)=O)c2N)C1. The lowest BCUT2D eigenvalue weighted by atomic mass is 10.1. The molecule has 11 nitrogen and oxygen atoms in total. The smallest absolute Gasteiger partial charge is 0.254 e. The van der Waals surface area contributed by atoms with E-state index in [2.05, 4.69) is 9.82 Å². The van der Waals surface area contributed by atoms with Crippen molar-refractivity contribution in [1.82, 2.24) is 19.4 Å². The van der Waals surface area contributed by atoms with Gasteiger partial charge in [-0.05, 0) is 42.8 Å². The number of ether oxygens (including phenoxy) is 1. The van der Waals surface area contributed by atoms with Gasteiger partial charge in [0.05, 0.1) is 12.3 Å². The second kappa shape index (κ2) is 10.8. The zero-order valence-electron chi connectivity index (χ0n) is 20.2. The number of sulfonamides is 1. The highest BCUT2D eigenvalue weighted by Crippen LogP contribution is 2.33. The van der Waals surface area contributed by atoms with Gasteiger partial charge in [-0.2, -0.15) is 5.10 Å². The zero-order valence-corrected chi connectivity index (χ0v) is 21.0. The molecule has 12 heteroatoms. The highest BCUT2D eigenvalue weighted by atomic mass is 32.2. The summed E-state index contributed by atoms with van der Waals surface area (Å²) in [6.07, 6.45) is 4.40. The Hall–Kier alpha value is -4.16. The molecule has 0 radical (unpaired) electrons. The van der Waals surface area contributed by atoms with Crippen molar-refractivity contribution in [3.05, 3.63) is 72.3 Å². The Morgan fingerprint density at radius 3 is 2.46 bits per heavy atom. The third kappa shape index (κ3) is 6.35. The predicted molar refractivity (Wildman–Crippen MR) is 139 cm³/mol. The molecular weight excluding hydrogens is 496 g/mol. The Bertz CT molecular complexity index is 1420. The fraction of sp³-hybridized carbons (Fsp3) is 0.240. The van der Waals surface area contributed by atoms with E-state index in [0.717, 1.165) is 6.26 Å². The Morgan fingerprint density at radius 1 is 1.14 bits per heavy atom. The molecule has 0 bridgehead atoms. The first-order valence-corrected chi connectivity index (χ1v) is 13.4. The van der Waals surface area contributed by atoms with Gasteiger partial charge in [0.2, 0.25) is 15.9 Å². The number of rotatable bonds is 9. The molecule has 5 N–H and O–H groups in total. The van der Waals surface area contributed by atoms with Crippen molar-refractivity contribution >= 4 is 27.7 Å². The number of hydrogen-bond donors (Lipinski definition) is 3. The molecule has 0 unspecified atom stereocenters. The van der Waals surface area contributed by atoms with Crippen LogP contribution in [0.25, 0.3) is 11.3 Å². The third-order valence-electron chi connectivity index (χ3n) is 5.85. The van der Waals surface area contributed by atoms with E-state index in [-0.39, 0.29) is 29.9 Å². The molecule has 194 valence electrons. The highest BCUT2D eigenvalue weighted by molar-refractivity contribution is 7.88. The number of carbonyl (C=O) groups is 2. The summed E-state index contributed by atoms with van der Waals surface area (Å²) in [6.45, 7) is 0.809. The number of amides is 2. The van der Waals surface area contributed by atoms with E-state index in [4.69, 9.17) is 16.2 Å². The fourth-order valence-electron chi connectivity index (χ4n) is 4.08. The normalized spacial score (nSPS) is 15.8. The lowest BCUT2D eigenvalue weighted by molar-refractivity contribution is -0.125. The van der Waals surface area contributed by atoms with Gasteiger partial charge in [-0.3, -0.25) is 9.59 Å². The lowest BCUT2D eigenvalue weighted by Gasteiger charge is -2.15. The maximum absolute atomic E-state index is 12.5. The first-order valence-electron chi connectivity index (χ1n) is 11.5. The quantitative estimate of drug-likeness (QED) is 0.360. The van der Waals surface area contributed by atoms with Gasteiger partial charge < -0.3 is 21.1 Å². The summed E-state index contributed by atoms with van der Waals surface area (Å²) >= 11 is 0. The largest absolute Gasteiger partial charge is 0.457 e. The van der Waals surface area contributed by atoms with Crippen molar-refractivity contribution in [2.24, 2.45) is 5.73 Å². The average Bonchev–Trinajstić information content (AvgIpc) is 3.47. The molecular formula is C25H28N6O5S. The molecule has 4 rings (SSSR count). The molecule has 37 heavy (non-hydrogen) atoms. The molecule has 1 aliphatic heterocycles. The zero-order chi connectivity index (χ0) is 26.6. The Balaban J connectivity index is 1.49. The van der Waals surface area contributed by atoms with Gasteiger partial charge in [-0.1, -0.05) is 24.3 Å². The van der Waals surface area contributed by atoms with Gasteiger partial charge in [0.1, 0.15) is 28.6 Å². The number of nitrogen functional groups attached to an aromatic ring is 1. The van der Waals surface area contributed by atoms with E-state index >= 15 is 0 Å². The van der Waals surface area contributed by atoms with Crippen molar-refractivity contribution in [2.45, 2.75) is 12.5 Å². The number of carbonyl (C=O) groups excluding carboxylic acids is 2. The molecule has 1 aromatic heterocycles. The van der Waals surface area contributed by atoms with E-state index in [1.54, 1.807) is 33.8 Å². The second-order valence-electron chi connectivity index (χ2n) is 8.61. The van der Waals surface area contributed by atoms with Crippen LogP contribution in [0.3, 0.4) is 0 Å².